The Hall–Kier alpha value is -1.79. The molecule has 21 heavy (non-hydrogen) atoms. The van der Waals surface area contributed by atoms with Crippen LogP contribution in [-0.4, -0.2) is 48.1 Å². The number of anilines is 1. The van der Waals surface area contributed by atoms with Crippen molar-refractivity contribution in [2.75, 3.05) is 31.1 Å². The number of nitrogens with zero attached hydrogens (tertiary/aromatic N) is 2. The third-order valence-corrected chi connectivity index (χ3v) is 3.84. The molecule has 1 heterocycles. The Morgan fingerprint density at radius 2 is 1.81 bits per heavy atom. The Bertz CT molecular complexity index is 516. The summed E-state index contributed by atoms with van der Waals surface area (Å²) >= 11 is 6.17. The zero-order valence-corrected chi connectivity index (χ0v) is 12.3. The van der Waals surface area contributed by atoms with Crippen LogP contribution in [0.25, 0.3) is 0 Å². The molecule has 2 amide bonds. The van der Waals surface area contributed by atoms with Crippen LogP contribution >= 0.6 is 11.6 Å². The molecule has 0 aromatic heterocycles. The SMILES string of the molecule is O=C(CCC(=O)N1CCN(c2ccccc2Cl)CC1)NO. The second kappa shape index (κ2) is 7.28. The highest BCUT2D eigenvalue weighted by molar-refractivity contribution is 6.33. The van der Waals surface area contributed by atoms with E-state index in [4.69, 9.17) is 16.8 Å². The molecule has 0 bridgehead atoms. The lowest BCUT2D eigenvalue weighted by Crippen LogP contribution is -2.49. The van der Waals surface area contributed by atoms with Gasteiger partial charge in [-0.15, -0.1) is 0 Å². The van der Waals surface area contributed by atoms with Crippen molar-refractivity contribution in [3.05, 3.63) is 29.3 Å². The van der Waals surface area contributed by atoms with Crippen LogP contribution in [-0.2, 0) is 9.59 Å². The number of benzene rings is 1. The van der Waals surface area contributed by atoms with E-state index in [-0.39, 0.29) is 18.7 Å². The minimum Gasteiger partial charge on any atom is -0.367 e. The predicted molar refractivity (Wildman–Crippen MR) is 79.4 cm³/mol. The van der Waals surface area contributed by atoms with Crippen molar-refractivity contribution in [3.63, 3.8) is 0 Å². The molecular formula is C14H18ClN3O3. The summed E-state index contributed by atoms with van der Waals surface area (Å²) in [5, 5.41) is 9.11. The van der Waals surface area contributed by atoms with E-state index in [1.165, 1.54) is 5.48 Å². The number of nitrogens with one attached hydrogen (secondary N) is 1. The molecule has 2 N–H and O–H groups in total. The van der Waals surface area contributed by atoms with Gasteiger partial charge in [-0.3, -0.25) is 14.8 Å². The van der Waals surface area contributed by atoms with Gasteiger partial charge in [-0.05, 0) is 12.1 Å². The fraction of sp³-hybridized carbons (Fsp3) is 0.429. The maximum absolute atomic E-state index is 11.9. The molecule has 1 saturated heterocycles. The normalized spacial score (nSPS) is 15.0. The zero-order chi connectivity index (χ0) is 15.2. The van der Waals surface area contributed by atoms with Gasteiger partial charge >= 0.3 is 0 Å². The van der Waals surface area contributed by atoms with Gasteiger partial charge in [0.05, 0.1) is 10.7 Å². The topological polar surface area (TPSA) is 72.9 Å². The molecule has 0 spiro atoms. The maximum Gasteiger partial charge on any atom is 0.243 e. The highest BCUT2D eigenvalue weighted by Crippen LogP contribution is 2.26. The molecule has 7 heteroatoms. The summed E-state index contributed by atoms with van der Waals surface area (Å²) in [6, 6.07) is 7.64. The number of amides is 2. The highest BCUT2D eigenvalue weighted by atomic mass is 35.5. The number of hydrogen-bond donors (Lipinski definition) is 2. The molecule has 0 unspecified atom stereocenters. The van der Waals surface area contributed by atoms with Crippen molar-refractivity contribution in [2.45, 2.75) is 12.8 Å². The molecule has 0 aliphatic carbocycles. The molecule has 1 fully saturated rings. The first-order chi connectivity index (χ1) is 10.1. The summed E-state index contributed by atoms with van der Waals surface area (Å²) in [5.74, 6) is -0.615. The molecule has 1 aromatic carbocycles. The number of piperazine rings is 1. The summed E-state index contributed by atoms with van der Waals surface area (Å²) in [6.45, 7) is 2.62. The Morgan fingerprint density at radius 3 is 2.43 bits per heavy atom. The van der Waals surface area contributed by atoms with Crippen LogP contribution < -0.4 is 10.4 Å². The fourth-order valence-electron chi connectivity index (χ4n) is 2.34. The van der Waals surface area contributed by atoms with E-state index in [0.29, 0.717) is 31.2 Å². The van der Waals surface area contributed by atoms with E-state index in [1.54, 1.807) is 4.90 Å². The van der Waals surface area contributed by atoms with Crippen LogP contribution in [0.2, 0.25) is 5.02 Å². The average molecular weight is 312 g/mol. The van der Waals surface area contributed by atoms with Gasteiger partial charge < -0.3 is 9.80 Å². The van der Waals surface area contributed by atoms with Gasteiger partial charge in [0, 0.05) is 39.0 Å². The molecule has 0 radical (unpaired) electrons. The van der Waals surface area contributed by atoms with Crippen LogP contribution in [0.4, 0.5) is 5.69 Å². The number of hydrogen-bond acceptors (Lipinski definition) is 4. The minimum atomic E-state index is -0.543. The second-order valence-corrected chi connectivity index (χ2v) is 5.26. The standard InChI is InChI=1S/C14H18ClN3O3/c15-11-3-1-2-4-12(11)17-7-9-18(10-8-17)14(20)6-5-13(19)16-21/h1-4,21H,5-10H2,(H,16,19). The molecule has 1 aliphatic heterocycles. The maximum atomic E-state index is 11.9. The lowest BCUT2D eigenvalue weighted by atomic mass is 10.2. The monoisotopic (exact) mass is 311 g/mol. The Balaban J connectivity index is 1.84. The minimum absolute atomic E-state index is 0.0000605. The lowest BCUT2D eigenvalue weighted by Gasteiger charge is -2.36. The molecular weight excluding hydrogens is 294 g/mol. The van der Waals surface area contributed by atoms with E-state index in [9.17, 15) is 9.59 Å². The molecule has 1 aromatic rings. The summed E-state index contributed by atoms with van der Waals surface area (Å²) in [4.78, 5) is 26.7. The Kier molecular flexibility index (Phi) is 5.41. The molecule has 114 valence electrons. The van der Waals surface area contributed by atoms with E-state index in [1.807, 2.05) is 24.3 Å². The van der Waals surface area contributed by atoms with E-state index in [0.717, 1.165) is 5.69 Å². The van der Waals surface area contributed by atoms with Gasteiger partial charge in [-0.2, -0.15) is 0 Å². The fourth-order valence-corrected chi connectivity index (χ4v) is 2.59. The largest absolute Gasteiger partial charge is 0.367 e. The third kappa shape index (κ3) is 4.09. The van der Waals surface area contributed by atoms with Crippen molar-refractivity contribution in [2.24, 2.45) is 0 Å². The number of carbonyl (C=O) groups is 2. The lowest BCUT2D eigenvalue weighted by molar-refractivity contribution is -0.136. The Labute approximate surface area is 128 Å². The van der Waals surface area contributed by atoms with Crippen LogP contribution in [0.1, 0.15) is 12.8 Å². The molecule has 0 atom stereocenters. The number of rotatable bonds is 4. The number of para-hydroxylation sites is 1. The highest BCUT2D eigenvalue weighted by Gasteiger charge is 2.22. The van der Waals surface area contributed by atoms with Crippen molar-refractivity contribution in [1.82, 2.24) is 10.4 Å². The van der Waals surface area contributed by atoms with E-state index < -0.39 is 5.91 Å². The second-order valence-electron chi connectivity index (χ2n) is 4.85. The van der Waals surface area contributed by atoms with Gasteiger partial charge in [0.25, 0.3) is 0 Å². The smallest absolute Gasteiger partial charge is 0.243 e. The van der Waals surface area contributed by atoms with Crippen LogP contribution in [0.5, 0.6) is 0 Å². The molecule has 0 saturated carbocycles. The van der Waals surface area contributed by atoms with Crippen molar-refractivity contribution < 1.29 is 14.8 Å². The Morgan fingerprint density at radius 1 is 1.14 bits per heavy atom. The van der Waals surface area contributed by atoms with Gasteiger partial charge in [-0.25, -0.2) is 5.48 Å². The quantitative estimate of drug-likeness (QED) is 0.649. The van der Waals surface area contributed by atoms with Gasteiger partial charge in [-0.1, -0.05) is 23.7 Å². The number of halogens is 1. The van der Waals surface area contributed by atoms with Crippen LogP contribution in [0, 0.1) is 0 Å². The predicted octanol–water partition coefficient (Wildman–Crippen LogP) is 1.27. The first-order valence-electron chi connectivity index (χ1n) is 6.82. The van der Waals surface area contributed by atoms with Crippen molar-refractivity contribution in [3.8, 4) is 0 Å². The summed E-state index contributed by atoms with van der Waals surface area (Å²) in [7, 11) is 0. The first-order valence-corrected chi connectivity index (χ1v) is 7.20. The average Bonchev–Trinajstić information content (AvgIpc) is 2.53. The van der Waals surface area contributed by atoms with Crippen molar-refractivity contribution >= 4 is 29.1 Å². The first kappa shape index (κ1) is 15.6. The summed E-state index contributed by atoms with van der Waals surface area (Å²) in [5.41, 5.74) is 2.50. The van der Waals surface area contributed by atoms with Gasteiger partial charge in [0.1, 0.15) is 0 Å². The number of carbonyl (C=O) groups excluding carboxylic acids is 2. The van der Waals surface area contributed by atoms with Crippen molar-refractivity contribution in [1.29, 1.82) is 0 Å². The van der Waals surface area contributed by atoms with Gasteiger partial charge in [0.2, 0.25) is 11.8 Å². The third-order valence-electron chi connectivity index (χ3n) is 3.52. The molecule has 6 nitrogen and oxygen atoms in total. The van der Waals surface area contributed by atoms with Gasteiger partial charge in [0.15, 0.2) is 0 Å². The molecule has 2 rings (SSSR count). The van der Waals surface area contributed by atoms with Crippen LogP contribution in [0.3, 0.4) is 0 Å². The van der Waals surface area contributed by atoms with Crippen LogP contribution in [0.15, 0.2) is 24.3 Å². The molecule has 1 aliphatic rings. The summed E-state index contributed by atoms with van der Waals surface area (Å²) < 4.78 is 0. The number of hydroxylamine groups is 1. The van der Waals surface area contributed by atoms with E-state index in [2.05, 4.69) is 4.90 Å². The van der Waals surface area contributed by atoms with E-state index >= 15 is 0 Å². The zero-order valence-electron chi connectivity index (χ0n) is 11.6. The summed E-state index contributed by atoms with van der Waals surface area (Å²) in [6.07, 6.45) is 0.110.